The molecule has 7 nitrogen and oxygen atoms in total. The summed E-state index contributed by atoms with van der Waals surface area (Å²) in [4.78, 5) is 25.2. The van der Waals surface area contributed by atoms with E-state index in [2.05, 4.69) is 33.7 Å². The molecule has 1 aliphatic heterocycles. The Labute approximate surface area is 197 Å². The Bertz CT molecular complexity index is 1150. The lowest BCUT2D eigenvalue weighted by atomic mass is 9.90. The van der Waals surface area contributed by atoms with Gasteiger partial charge in [0.05, 0.1) is 4.92 Å². The second-order valence-electron chi connectivity index (χ2n) is 8.44. The van der Waals surface area contributed by atoms with Crippen LogP contribution in [0.15, 0.2) is 72.8 Å². The van der Waals surface area contributed by atoms with Gasteiger partial charge in [-0.25, -0.2) is 9.18 Å². The van der Waals surface area contributed by atoms with Crippen molar-refractivity contribution in [2.75, 3.05) is 18.4 Å². The third kappa shape index (κ3) is 5.96. The highest BCUT2D eigenvalue weighted by Gasteiger charge is 2.26. The molecule has 0 fully saturated rings. The van der Waals surface area contributed by atoms with Crippen LogP contribution >= 0.6 is 0 Å². The number of para-hydroxylation sites is 2. The van der Waals surface area contributed by atoms with Crippen LogP contribution in [-0.4, -0.2) is 35.0 Å². The minimum absolute atomic E-state index is 0.145. The molecule has 8 heteroatoms. The Morgan fingerprint density at radius 3 is 2.50 bits per heavy atom. The highest BCUT2D eigenvalue weighted by Crippen LogP contribution is 2.26. The number of carbonyl (C=O) groups is 1. The lowest BCUT2D eigenvalue weighted by Crippen LogP contribution is -2.43. The Hall–Kier alpha value is -3.78. The maximum atomic E-state index is 13.3. The van der Waals surface area contributed by atoms with Crippen molar-refractivity contribution < 1.29 is 14.1 Å². The number of carbonyl (C=O) groups excluding carboxylic acids is 1. The normalized spacial score (nSPS) is 15.4. The first kappa shape index (κ1) is 23.4. The third-order valence-corrected chi connectivity index (χ3v) is 6.10. The van der Waals surface area contributed by atoms with E-state index in [1.807, 2.05) is 18.2 Å². The molecule has 176 valence electrons. The van der Waals surface area contributed by atoms with Crippen molar-refractivity contribution in [3.63, 3.8) is 0 Å². The van der Waals surface area contributed by atoms with E-state index in [9.17, 15) is 19.3 Å². The predicted molar refractivity (Wildman–Crippen MR) is 129 cm³/mol. The maximum Gasteiger partial charge on any atom is 0.319 e. The van der Waals surface area contributed by atoms with Crippen LogP contribution < -0.4 is 10.6 Å². The molecular weight excluding hydrogens is 435 g/mol. The van der Waals surface area contributed by atoms with Crippen molar-refractivity contribution in [1.82, 2.24) is 10.2 Å². The van der Waals surface area contributed by atoms with Crippen molar-refractivity contribution in [2.24, 2.45) is 0 Å². The topological polar surface area (TPSA) is 87.5 Å². The molecule has 0 bridgehead atoms. The molecule has 4 rings (SSSR count). The minimum atomic E-state index is -0.523. The van der Waals surface area contributed by atoms with Crippen molar-refractivity contribution in [2.45, 2.75) is 31.8 Å². The Balaban J connectivity index is 1.33. The third-order valence-electron chi connectivity index (χ3n) is 6.10. The van der Waals surface area contributed by atoms with E-state index in [1.54, 1.807) is 12.1 Å². The molecular formula is C26H27FN4O3. The van der Waals surface area contributed by atoms with Crippen LogP contribution in [-0.2, 0) is 19.4 Å². The van der Waals surface area contributed by atoms with Gasteiger partial charge < -0.3 is 10.6 Å². The molecule has 0 saturated heterocycles. The van der Waals surface area contributed by atoms with Crippen LogP contribution in [0, 0.1) is 15.9 Å². The van der Waals surface area contributed by atoms with E-state index in [-0.39, 0.29) is 23.2 Å². The van der Waals surface area contributed by atoms with Crippen molar-refractivity contribution in [3.05, 3.63) is 105 Å². The van der Waals surface area contributed by atoms with Gasteiger partial charge in [0.1, 0.15) is 11.5 Å². The fourth-order valence-corrected chi connectivity index (χ4v) is 4.39. The Kier molecular flexibility index (Phi) is 7.49. The van der Waals surface area contributed by atoms with Gasteiger partial charge >= 0.3 is 6.03 Å². The molecule has 3 aromatic rings. The summed E-state index contributed by atoms with van der Waals surface area (Å²) in [5.74, 6) is -0.236. The van der Waals surface area contributed by atoms with E-state index < -0.39 is 11.0 Å². The molecule has 0 saturated carbocycles. The lowest BCUT2D eigenvalue weighted by Gasteiger charge is -2.37. The van der Waals surface area contributed by atoms with Gasteiger partial charge in [0.15, 0.2) is 0 Å². The number of amides is 2. The number of nitrogens with zero attached hydrogens (tertiary/aromatic N) is 2. The number of urea groups is 1. The van der Waals surface area contributed by atoms with Crippen LogP contribution in [0.4, 0.5) is 20.6 Å². The van der Waals surface area contributed by atoms with Gasteiger partial charge in [0, 0.05) is 31.7 Å². The number of hydrogen-bond donors (Lipinski definition) is 2. The van der Waals surface area contributed by atoms with Crippen molar-refractivity contribution in [1.29, 1.82) is 0 Å². The zero-order valence-corrected chi connectivity index (χ0v) is 18.7. The molecule has 34 heavy (non-hydrogen) atoms. The van der Waals surface area contributed by atoms with Gasteiger partial charge in [0.2, 0.25) is 0 Å². The van der Waals surface area contributed by atoms with E-state index in [1.165, 1.54) is 35.4 Å². The molecule has 1 heterocycles. The predicted octanol–water partition coefficient (Wildman–Crippen LogP) is 4.92. The summed E-state index contributed by atoms with van der Waals surface area (Å²) < 4.78 is 13.3. The number of anilines is 1. The maximum absolute atomic E-state index is 13.3. The second kappa shape index (κ2) is 10.9. The van der Waals surface area contributed by atoms with Gasteiger partial charge in [-0.2, -0.15) is 0 Å². The van der Waals surface area contributed by atoms with E-state index in [0.29, 0.717) is 6.54 Å². The number of nitro groups is 1. The van der Waals surface area contributed by atoms with Crippen molar-refractivity contribution >= 4 is 17.4 Å². The first-order valence-electron chi connectivity index (χ1n) is 11.3. The van der Waals surface area contributed by atoms with E-state index in [4.69, 9.17) is 0 Å². The monoisotopic (exact) mass is 462 g/mol. The average Bonchev–Trinajstić information content (AvgIpc) is 2.83. The van der Waals surface area contributed by atoms with Crippen LogP contribution in [0.25, 0.3) is 0 Å². The van der Waals surface area contributed by atoms with Crippen LogP contribution in [0.2, 0.25) is 0 Å². The largest absolute Gasteiger partial charge is 0.338 e. The smallest absolute Gasteiger partial charge is 0.319 e. The Morgan fingerprint density at radius 2 is 1.74 bits per heavy atom. The number of halogens is 1. The molecule has 1 aliphatic rings. The summed E-state index contributed by atoms with van der Waals surface area (Å²) in [5.41, 5.74) is 3.76. The first-order valence-corrected chi connectivity index (χ1v) is 11.3. The molecule has 1 unspecified atom stereocenters. The summed E-state index contributed by atoms with van der Waals surface area (Å²) in [6.07, 6.45) is 2.46. The molecule has 3 aromatic carbocycles. The first-order chi connectivity index (χ1) is 16.5. The highest BCUT2D eigenvalue weighted by atomic mass is 19.1. The van der Waals surface area contributed by atoms with Crippen LogP contribution in [0.3, 0.4) is 0 Å². The average molecular weight is 463 g/mol. The summed E-state index contributed by atoms with van der Waals surface area (Å²) >= 11 is 0. The summed E-state index contributed by atoms with van der Waals surface area (Å²) in [6.45, 7) is 2.05. The molecule has 1 atom stereocenters. The van der Waals surface area contributed by atoms with Crippen LogP contribution in [0.1, 0.15) is 23.1 Å². The lowest BCUT2D eigenvalue weighted by molar-refractivity contribution is -0.383. The zero-order chi connectivity index (χ0) is 23.9. The van der Waals surface area contributed by atoms with Gasteiger partial charge in [-0.3, -0.25) is 15.0 Å². The van der Waals surface area contributed by atoms with Crippen LogP contribution in [0.5, 0.6) is 0 Å². The molecule has 0 radical (unpaired) electrons. The van der Waals surface area contributed by atoms with Gasteiger partial charge in [-0.05, 0) is 54.2 Å². The number of nitro benzene ring substituents is 1. The number of nitrogens with one attached hydrogen (secondary N) is 2. The quantitative estimate of drug-likeness (QED) is 0.283. The van der Waals surface area contributed by atoms with Gasteiger partial charge in [-0.1, -0.05) is 48.5 Å². The molecule has 2 amide bonds. The zero-order valence-electron chi connectivity index (χ0n) is 18.7. The number of hydrogen-bond acceptors (Lipinski definition) is 4. The fraction of sp³-hybridized carbons (Fsp3) is 0.269. The van der Waals surface area contributed by atoms with Gasteiger partial charge in [-0.15, -0.1) is 0 Å². The highest BCUT2D eigenvalue weighted by molar-refractivity contribution is 5.91. The second-order valence-corrected chi connectivity index (χ2v) is 8.44. The SMILES string of the molecule is O=C(NCCCN1Cc2ccccc2CC1Cc1ccc(F)cc1)Nc1ccccc1[N+](=O)[O-]. The number of fused-ring (bicyclic) bond motifs is 1. The number of benzene rings is 3. The molecule has 0 aromatic heterocycles. The Morgan fingerprint density at radius 1 is 1.03 bits per heavy atom. The van der Waals surface area contributed by atoms with E-state index in [0.717, 1.165) is 37.9 Å². The minimum Gasteiger partial charge on any atom is -0.338 e. The summed E-state index contributed by atoms with van der Waals surface area (Å²) in [7, 11) is 0. The standard InChI is InChI=1S/C26H27FN4O3/c27-22-12-10-19(11-13-22)16-23-17-20-6-1-2-7-21(20)18-30(23)15-5-14-28-26(32)29-24-8-3-4-9-25(24)31(33)34/h1-4,6-13,23H,5,14-18H2,(H2,28,29,32). The molecule has 0 spiro atoms. The summed E-state index contributed by atoms with van der Waals surface area (Å²) in [5, 5.41) is 16.5. The fourth-order valence-electron chi connectivity index (χ4n) is 4.39. The van der Waals surface area contributed by atoms with Crippen molar-refractivity contribution in [3.8, 4) is 0 Å². The van der Waals surface area contributed by atoms with Gasteiger partial charge in [0.25, 0.3) is 5.69 Å². The molecule has 0 aliphatic carbocycles. The number of rotatable bonds is 8. The molecule has 2 N–H and O–H groups in total. The van der Waals surface area contributed by atoms with E-state index >= 15 is 0 Å². The summed E-state index contributed by atoms with van der Waals surface area (Å²) in [6, 6.07) is 20.9.